The highest BCUT2D eigenvalue weighted by Crippen LogP contribution is 2.25. The second kappa shape index (κ2) is 6.35. The van der Waals surface area contributed by atoms with Gasteiger partial charge in [-0.25, -0.2) is 4.79 Å². The zero-order valence-corrected chi connectivity index (χ0v) is 9.62. The number of carbonyl (C=O) groups is 1. The van der Waals surface area contributed by atoms with E-state index in [0.29, 0.717) is 0 Å². The van der Waals surface area contributed by atoms with E-state index in [2.05, 4.69) is 4.74 Å². The first-order chi connectivity index (χ1) is 7.26. The minimum Gasteiger partial charge on any atom is -0.438 e. The molecule has 1 unspecified atom stereocenters. The normalized spacial score (nSPS) is 11.9. The average molecular weight is 226 g/mol. The van der Waals surface area contributed by atoms with Crippen LogP contribution in [0.15, 0.2) is 35.2 Å². The van der Waals surface area contributed by atoms with Crippen molar-refractivity contribution < 1.29 is 14.3 Å². The zero-order valence-electron chi connectivity index (χ0n) is 8.80. The molecule has 15 heavy (non-hydrogen) atoms. The van der Waals surface area contributed by atoms with Crippen molar-refractivity contribution in [3.8, 4) is 0 Å². The summed E-state index contributed by atoms with van der Waals surface area (Å²) in [5, 5.41) is 0. The summed E-state index contributed by atoms with van der Waals surface area (Å²) in [5.74, 6) is 0. The zero-order chi connectivity index (χ0) is 11.1. The van der Waals surface area contributed by atoms with Crippen LogP contribution in [0, 0.1) is 0 Å². The van der Waals surface area contributed by atoms with Gasteiger partial charge in [0.2, 0.25) is 0 Å². The van der Waals surface area contributed by atoms with Crippen LogP contribution in [-0.2, 0) is 9.47 Å². The van der Waals surface area contributed by atoms with Crippen molar-refractivity contribution in [1.82, 2.24) is 0 Å². The maximum Gasteiger partial charge on any atom is 0.509 e. The molecule has 1 atom stereocenters. The highest BCUT2D eigenvalue weighted by molar-refractivity contribution is 7.99. The standard InChI is InChI=1S/C11H14O3S/c1-3-10(14-11(12)13-2)15-9-7-5-4-6-8-9/h4-8,10H,3H2,1-2H3. The number of hydrogen-bond donors (Lipinski definition) is 0. The Hall–Kier alpha value is -1.16. The molecule has 0 fully saturated rings. The van der Waals surface area contributed by atoms with Crippen LogP contribution in [0.1, 0.15) is 13.3 Å². The number of hydrogen-bond acceptors (Lipinski definition) is 4. The van der Waals surface area contributed by atoms with Crippen LogP contribution in [0.2, 0.25) is 0 Å². The van der Waals surface area contributed by atoms with Gasteiger partial charge in [-0.05, 0) is 18.6 Å². The summed E-state index contributed by atoms with van der Waals surface area (Å²) in [7, 11) is 1.31. The number of thioether (sulfide) groups is 1. The van der Waals surface area contributed by atoms with Crippen molar-refractivity contribution in [2.45, 2.75) is 23.7 Å². The fourth-order valence-electron chi connectivity index (χ4n) is 0.997. The molecule has 1 aromatic carbocycles. The van der Waals surface area contributed by atoms with Crippen LogP contribution < -0.4 is 0 Å². The van der Waals surface area contributed by atoms with Gasteiger partial charge in [0.05, 0.1) is 7.11 Å². The Morgan fingerprint density at radius 1 is 1.40 bits per heavy atom. The van der Waals surface area contributed by atoms with Gasteiger partial charge in [-0.1, -0.05) is 36.9 Å². The van der Waals surface area contributed by atoms with Crippen LogP contribution in [-0.4, -0.2) is 18.7 Å². The molecule has 1 aromatic rings. The number of benzene rings is 1. The van der Waals surface area contributed by atoms with Crippen molar-refractivity contribution in [2.24, 2.45) is 0 Å². The van der Waals surface area contributed by atoms with Gasteiger partial charge in [0.25, 0.3) is 0 Å². The minimum atomic E-state index is -0.634. The van der Waals surface area contributed by atoms with Gasteiger partial charge >= 0.3 is 6.16 Å². The van der Waals surface area contributed by atoms with Gasteiger partial charge < -0.3 is 9.47 Å². The van der Waals surface area contributed by atoms with Gasteiger partial charge in [0.1, 0.15) is 0 Å². The number of methoxy groups -OCH3 is 1. The minimum absolute atomic E-state index is 0.195. The average Bonchev–Trinajstić information content (AvgIpc) is 2.29. The van der Waals surface area contributed by atoms with E-state index in [0.717, 1.165) is 11.3 Å². The van der Waals surface area contributed by atoms with Crippen LogP contribution >= 0.6 is 11.8 Å². The first-order valence-electron chi connectivity index (χ1n) is 4.72. The van der Waals surface area contributed by atoms with Crippen molar-refractivity contribution in [1.29, 1.82) is 0 Å². The molecule has 0 saturated carbocycles. The molecular formula is C11H14O3S. The van der Waals surface area contributed by atoms with Crippen molar-refractivity contribution in [3.63, 3.8) is 0 Å². The van der Waals surface area contributed by atoms with E-state index in [1.165, 1.54) is 18.9 Å². The van der Waals surface area contributed by atoms with Gasteiger partial charge in [0.15, 0.2) is 5.44 Å². The first kappa shape index (κ1) is 11.9. The van der Waals surface area contributed by atoms with E-state index >= 15 is 0 Å². The number of rotatable bonds is 4. The second-order valence-electron chi connectivity index (χ2n) is 2.84. The monoisotopic (exact) mass is 226 g/mol. The molecule has 0 bridgehead atoms. The van der Waals surface area contributed by atoms with Gasteiger partial charge in [-0.3, -0.25) is 0 Å². The maximum atomic E-state index is 10.9. The van der Waals surface area contributed by atoms with Crippen LogP contribution in [0.5, 0.6) is 0 Å². The fourth-order valence-corrected chi connectivity index (χ4v) is 1.91. The molecule has 0 aliphatic carbocycles. The van der Waals surface area contributed by atoms with Crippen LogP contribution in [0.4, 0.5) is 4.79 Å². The molecule has 0 spiro atoms. The lowest BCUT2D eigenvalue weighted by atomic mass is 10.4. The van der Waals surface area contributed by atoms with E-state index in [1.54, 1.807) is 0 Å². The summed E-state index contributed by atoms with van der Waals surface area (Å²) in [6.45, 7) is 1.96. The highest BCUT2D eigenvalue weighted by atomic mass is 32.2. The van der Waals surface area contributed by atoms with Crippen LogP contribution in [0.25, 0.3) is 0 Å². The molecule has 4 heteroatoms. The Balaban J connectivity index is 2.50. The fraction of sp³-hybridized carbons (Fsp3) is 0.364. The SMILES string of the molecule is CCC(OC(=O)OC)Sc1ccccc1. The third-order valence-corrected chi connectivity index (χ3v) is 2.98. The molecule has 0 aliphatic rings. The molecule has 0 amide bonds. The Bertz CT molecular complexity index is 300. The van der Waals surface area contributed by atoms with Gasteiger partial charge in [-0.15, -0.1) is 0 Å². The lowest BCUT2D eigenvalue weighted by Crippen LogP contribution is -2.13. The molecular weight excluding hydrogens is 212 g/mol. The summed E-state index contributed by atoms with van der Waals surface area (Å²) in [4.78, 5) is 12.0. The van der Waals surface area contributed by atoms with E-state index < -0.39 is 6.16 Å². The Kier molecular flexibility index (Phi) is 5.04. The Morgan fingerprint density at radius 2 is 2.07 bits per heavy atom. The topological polar surface area (TPSA) is 35.5 Å². The molecule has 1 rings (SSSR count). The van der Waals surface area contributed by atoms with Gasteiger partial charge in [-0.2, -0.15) is 0 Å². The molecule has 0 saturated heterocycles. The summed E-state index contributed by atoms with van der Waals surface area (Å²) in [6.07, 6.45) is 0.111. The first-order valence-corrected chi connectivity index (χ1v) is 5.60. The molecule has 3 nitrogen and oxygen atoms in total. The quantitative estimate of drug-likeness (QED) is 0.448. The van der Waals surface area contributed by atoms with Crippen LogP contribution in [0.3, 0.4) is 0 Å². The Labute approximate surface area is 93.8 Å². The molecule has 0 aliphatic heterocycles. The Morgan fingerprint density at radius 3 is 2.60 bits per heavy atom. The van der Waals surface area contributed by atoms with E-state index in [1.807, 2.05) is 37.3 Å². The third-order valence-electron chi connectivity index (χ3n) is 1.74. The van der Waals surface area contributed by atoms with Crippen molar-refractivity contribution >= 4 is 17.9 Å². The summed E-state index contributed by atoms with van der Waals surface area (Å²) in [6, 6.07) is 9.81. The predicted octanol–water partition coefficient (Wildman–Crippen LogP) is 3.30. The van der Waals surface area contributed by atoms with E-state index in [9.17, 15) is 4.79 Å². The molecule has 0 radical (unpaired) electrons. The summed E-state index contributed by atoms with van der Waals surface area (Å²) >= 11 is 1.51. The van der Waals surface area contributed by atoms with Crippen molar-refractivity contribution in [3.05, 3.63) is 30.3 Å². The van der Waals surface area contributed by atoms with Crippen molar-refractivity contribution in [2.75, 3.05) is 7.11 Å². The smallest absolute Gasteiger partial charge is 0.438 e. The van der Waals surface area contributed by atoms with E-state index in [4.69, 9.17) is 4.74 Å². The lowest BCUT2D eigenvalue weighted by molar-refractivity contribution is 0.0633. The molecule has 82 valence electrons. The number of ether oxygens (including phenoxy) is 2. The molecule has 0 aromatic heterocycles. The van der Waals surface area contributed by atoms with E-state index in [-0.39, 0.29) is 5.44 Å². The maximum absolute atomic E-state index is 10.9. The predicted molar refractivity (Wildman–Crippen MR) is 59.9 cm³/mol. The third kappa shape index (κ3) is 4.25. The molecule has 0 heterocycles. The largest absolute Gasteiger partial charge is 0.509 e. The summed E-state index contributed by atoms with van der Waals surface area (Å²) < 4.78 is 9.50. The molecule has 0 N–H and O–H groups in total. The van der Waals surface area contributed by atoms with Gasteiger partial charge in [0, 0.05) is 4.90 Å². The summed E-state index contributed by atoms with van der Waals surface area (Å²) in [5.41, 5.74) is -0.195. The second-order valence-corrected chi connectivity index (χ2v) is 4.07. The number of carbonyl (C=O) groups excluding carboxylic acids is 1. The highest BCUT2D eigenvalue weighted by Gasteiger charge is 2.13. The lowest BCUT2D eigenvalue weighted by Gasteiger charge is -2.14.